The maximum absolute atomic E-state index is 3.74. The van der Waals surface area contributed by atoms with E-state index in [1.807, 2.05) is 0 Å². The summed E-state index contributed by atoms with van der Waals surface area (Å²) in [6.45, 7) is 6.03. The molecule has 1 nitrogen and oxygen atoms in total. The van der Waals surface area contributed by atoms with Crippen molar-refractivity contribution in [1.82, 2.24) is 5.32 Å². The van der Waals surface area contributed by atoms with E-state index in [1.54, 1.807) is 0 Å². The Kier molecular flexibility index (Phi) is 4.69. The van der Waals surface area contributed by atoms with Gasteiger partial charge in [0.15, 0.2) is 0 Å². The highest BCUT2D eigenvalue weighted by Crippen LogP contribution is 2.37. The first-order valence-corrected chi connectivity index (χ1v) is 7.56. The Morgan fingerprint density at radius 2 is 1.81 bits per heavy atom. The van der Waals surface area contributed by atoms with Crippen molar-refractivity contribution in [2.45, 2.75) is 71.3 Å². The summed E-state index contributed by atoms with van der Waals surface area (Å²) >= 11 is 0. The summed E-state index contributed by atoms with van der Waals surface area (Å²) in [6.07, 6.45) is 11.6. The first-order valence-electron chi connectivity index (χ1n) is 7.56. The highest BCUT2D eigenvalue weighted by molar-refractivity contribution is 4.85. The van der Waals surface area contributed by atoms with Gasteiger partial charge in [-0.25, -0.2) is 0 Å². The molecule has 0 bridgehead atoms. The van der Waals surface area contributed by atoms with E-state index >= 15 is 0 Å². The van der Waals surface area contributed by atoms with Crippen molar-refractivity contribution in [1.29, 1.82) is 0 Å². The molecule has 0 heterocycles. The quantitative estimate of drug-likeness (QED) is 0.718. The first-order chi connectivity index (χ1) is 7.83. The van der Waals surface area contributed by atoms with E-state index in [1.165, 1.54) is 57.9 Å². The van der Waals surface area contributed by atoms with Crippen LogP contribution in [0.5, 0.6) is 0 Å². The average Bonchev–Trinajstić information content (AvgIpc) is 3.11. The van der Waals surface area contributed by atoms with E-state index in [9.17, 15) is 0 Å². The van der Waals surface area contributed by atoms with Crippen molar-refractivity contribution in [3.05, 3.63) is 0 Å². The SMILES string of the molecule is CCCC1CCC(CNC2CC2)C(CC)C1. The predicted molar refractivity (Wildman–Crippen MR) is 70.5 cm³/mol. The Morgan fingerprint density at radius 1 is 1.00 bits per heavy atom. The molecule has 3 atom stereocenters. The normalized spacial score (nSPS) is 35.2. The third kappa shape index (κ3) is 3.48. The van der Waals surface area contributed by atoms with Crippen LogP contribution < -0.4 is 5.32 Å². The van der Waals surface area contributed by atoms with Crippen molar-refractivity contribution < 1.29 is 0 Å². The Hall–Kier alpha value is -0.0400. The summed E-state index contributed by atoms with van der Waals surface area (Å²) in [5.41, 5.74) is 0. The number of hydrogen-bond acceptors (Lipinski definition) is 1. The predicted octanol–water partition coefficient (Wildman–Crippen LogP) is 3.98. The van der Waals surface area contributed by atoms with Gasteiger partial charge < -0.3 is 5.32 Å². The molecule has 3 unspecified atom stereocenters. The lowest BCUT2D eigenvalue weighted by molar-refractivity contribution is 0.163. The number of nitrogens with one attached hydrogen (secondary N) is 1. The van der Waals surface area contributed by atoms with Gasteiger partial charge in [-0.2, -0.15) is 0 Å². The van der Waals surface area contributed by atoms with Crippen LogP contribution in [-0.4, -0.2) is 12.6 Å². The molecule has 2 aliphatic carbocycles. The van der Waals surface area contributed by atoms with E-state index in [0.717, 1.165) is 23.8 Å². The fourth-order valence-electron chi connectivity index (χ4n) is 3.47. The molecule has 2 saturated carbocycles. The molecule has 2 rings (SSSR count). The standard InChI is InChI=1S/C15H29N/c1-3-5-12-6-7-14(13(4-2)10-12)11-16-15-8-9-15/h12-16H,3-11H2,1-2H3. The Bertz CT molecular complexity index is 198. The van der Waals surface area contributed by atoms with Crippen molar-refractivity contribution in [2.24, 2.45) is 17.8 Å². The zero-order valence-corrected chi connectivity index (χ0v) is 11.2. The minimum atomic E-state index is 0.894. The van der Waals surface area contributed by atoms with Gasteiger partial charge in [-0.1, -0.05) is 39.5 Å². The molecule has 0 radical (unpaired) electrons. The first kappa shape index (κ1) is 12.4. The molecule has 0 aromatic carbocycles. The van der Waals surface area contributed by atoms with Gasteiger partial charge in [0.1, 0.15) is 0 Å². The van der Waals surface area contributed by atoms with Crippen LogP contribution >= 0.6 is 0 Å². The third-order valence-corrected chi connectivity index (χ3v) is 4.72. The van der Waals surface area contributed by atoms with Gasteiger partial charge in [0.2, 0.25) is 0 Å². The molecule has 0 amide bonds. The van der Waals surface area contributed by atoms with Gasteiger partial charge >= 0.3 is 0 Å². The molecule has 0 aromatic heterocycles. The third-order valence-electron chi connectivity index (χ3n) is 4.72. The summed E-state index contributed by atoms with van der Waals surface area (Å²) in [6, 6.07) is 0.894. The van der Waals surface area contributed by atoms with E-state index < -0.39 is 0 Å². The second-order valence-electron chi connectivity index (χ2n) is 6.08. The van der Waals surface area contributed by atoms with Gasteiger partial charge in [-0.15, -0.1) is 0 Å². The maximum atomic E-state index is 3.74. The van der Waals surface area contributed by atoms with Crippen LogP contribution in [0, 0.1) is 17.8 Å². The maximum Gasteiger partial charge on any atom is 0.00683 e. The van der Waals surface area contributed by atoms with Crippen LogP contribution in [0.25, 0.3) is 0 Å². The molecule has 2 aliphatic rings. The van der Waals surface area contributed by atoms with Crippen LogP contribution in [0.4, 0.5) is 0 Å². The molecule has 2 fully saturated rings. The van der Waals surface area contributed by atoms with Gasteiger partial charge in [-0.3, -0.25) is 0 Å². The molecule has 94 valence electrons. The summed E-state index contributed by atoms with van der Waals surface area (Å²) in [4.78, 5) is 0. The van der Waals surface area contributed by atoms with Crippen LogP contribution in [0.2, 0.25) is 0 Å². The summed E-state index contributed by atoms with van der Waals surface area (Å²) in [5.74, 6) is 3.04. The zero-order valence-electron chi connectivity index (χ0n) is 11.2. The van der Waals surface area contributed by atoms with Crippen LogP contribution in [0.3, 0.4) is 0 Å². The monoisotopic (exact) mass is 223 g/mol. The van der Waals surface area contributed by atoms with Crippen LogP contribution in [0.1, 0.15) is 65.2 Å². The van der Waals surface area contributed by atoms with Crippen molar-refractivity contribution in [3.63, 3.8) is 0 Å². The Morgan fingerprint density at radius 3 is 2.44 bits per heavy atom. The van der Waals surface area contributed by atoms with Gasteiger partial charge in [0.25, 0.3) is 0 Å². The lowest BCUT2D eigenvalue weighted by Gasteiger charge is -2.36. The minimum absolute atomic E-state index is 0.894. The van der Waals surface area contributed by atoms with Gasteiger partial charge in [0.05, 0.1) is 0 Å². The molecule has 0 aliphatic heterocycles. The van der Waals surface area contributed by atoms with Crippen molar-refractivity contribution >= 4 is 0 Å². The Labute approximate surface area is 101 Å². The average molecular weight is 223 g/mol. The molecule has 1 heteroatoms. The molecule has 0 spiro atoms. The molecule has 0 aromatic rings. The summed E-state index contributed by atoms with van der Waals surface area (Å²) in [5, 5.41) is 3.74. The lowest BCUT2D eigenvalue weighted by atomic mass is 9.71. The zero-order chi connectivity index (χ0) is 11.4. The summed E-state index contributed by atoms with van der Waals surface area (Å²) < 4.78 is 0. The van der Waals surface area contributed by atoms with Gasteiger partial charge in [0, 0.05) is 6.04 Å². The van der Waals surface area contributed by atoms with Gasteiger partial charge in [-0.05, 0) is 50.0 Å². The molecular formula is C15H29N. The van der Waals surface area contributed by atoms with E-state index in [2.05, 4.69) is 19.2 Å². The highest BCUT2D eigenvalue weighted by atomic mass is 14.9. The van der Waals surface area contributed by atoms with Crippen LogP contribution in [0.15, 0.2) is 0 Å². The van der Waals surface area contributed by atoms with E-state index in [-0.39, 0.29) is 0 Å². The van der Waals surface area contributed by atoms with Crippen LogP contribution in [-0.2, 0) is 0 Å². The smallest absolute Gasteiger partial charge is 0.00683 e. The second kappa shape index (κ2) is 6.05. The molecule has 1 N–H and O–H groups in total. The fourth-order valence-corrected chi connectivity index (χ4v) is 3.47. The topological polar surface area (TPSA) is 12.0 Å². The fraction of sp³-hybridized carbons (Fsp3) is 1.00. The summed E-state index contributed by atoms with van der Waals surface area (Å²) in [7, 11) is 0. The number of rotatable bonds is 6. The molecular weight excluding hydrogens is 194 g/mol. The van der Waals surface area contributed by atoms with Crippen molar-refractivity contribution in [3.8, 4) is 0 Å². The lowest BCUT2D eigenvalue weighted by Crippen LogP contribution is -2.33. The number of hydrogen-bond donors (Lipinski definition) is 1. The molecule has 16 heavy (non-hydrogen) atoms. The minimum Gasteiger partial charge on any atom is -0.314 e. The van der Waals surface area contributed by atoms with E-state index in [4.69, 9.17) is 0 Å². The van der Waals surface area contributed by atoms with E-state index in [0.29, 0.717) is 0 Å². The van der Waals surface area contributed by atoms with Crippen molar-refractivity contribution in [2.75, 3.05) is 6.54 Å². The molecule has 0 saturated heterocycles. The Balaban J connectivity index is 1.74. The highest BCUT2D eigenvalue weighted by Gasteiger charge is 2.30. The second-order valence-corrected chi connectivity index (χ2v) is 6.08. The largest absolute Gasteiger partial charge is 0.314 e.